The van der Waals surface area contributed by atoms with Crippen molar-refractivity contribution in [1.29, 1.82) is 0 Å². The van der Waals surface area contributed by atoms with Gasteiger partial charge < -0.3 is 29.9 Å². The fourth-order valence-corrected chi connectivity index (χ4v) is 5.71. The molecular formula is C32H40N4O6. The number of hydrogen-bond donors (Lipinski definition) is 4. The molecule has 2 aliphatic rings. The Bertz CT molecular complexity index is 1470. The Hall–Kier alpha value is -4.08. The standard InChI is InChI=1S/C32H40N4O6/c1-32(2,3)42-31(40)36-24(16-22-17-33-18-34-22)29(38)35-21-10-8-9-20(15-21)26(19-13-14-19)27-28(37)23-11-6-4-5-7-12-25(23)41-30(27)39/h8-10,15,17-19,24,26,37H,4-7,11-14,16H2,1-3H3,(H,33,34)(H,35,38)(H,36,40)/t24-,26?/m0/s1. The minimum atomic E-state index is -0.937. The van der Waals surface area contributed by atoms with Crippen molar-refractivity contribution in [3.63, 3.8) is 0 Å². The Kier molecular flexibility index (Phi) is 8.70. The monoisotopic (exact) mass is 576 g/mol. The number of aromatic hydroxyl groups is 1. The number of ether oxygens (including phenoxy) is 1. The average Bonchev–Trinajstić information content (AvgIpc) is 3.60. The van der Waals surface area contributed by atoms with Gasteiger partial charge >= 0.3 is 11.7 Å². The van der Waals surface area contributed by atoms with E-state index < -0.39 is 29.3 Å². The molecule has 2 heterocycles. The molecule has 5 rings (SSSR count). The smallest absolute Gasteiger partial charge is 0.408 e. The van der Waals surface area contributed by atoms with Gasteiger partial charge in [-0.3, -0.25) is 4.79 Å². The number of anilines is 1. The van der Waals surface area contributed by atoms with Crippen molar-refractivity contribution in [2.75, 3.05) is 5.32 Å². The molecule has 42 heavy (non-hydrogen) atoms. The predicted molar refractivity (Wildman–Crippen MR) is 158 cm³/mol. The SMILES string of the molecule is CC(C)(C)OC(=O)N[C@@H](Cc1cnc[nH]1)C(=O)Nc1cccc(C(c2c(O)c3c(oc2=O)CCCCCC3)C2CC2)c1. The largest absolute Gasteiger partial charge is 0.507 e. The minimum absolute atomic E-state index is 0.0654. The summed E-state index contributed by atoms with van der Waals surface area (Å²) in [7, 11) is 0. The van der Waals surface area contributed by atoms with Gasteiger partial charge in [0.2, 0.25) is 5.91 Å². The van der Waals surface area contributed by atoms with Crippen molar-refractivity contribution in [3.05, 3.63) is 75.4 Å². The molecular weight excluding hydrogens is 536 g/mol. The zero-order valence-corrected chi connectivity index (χ0v) is 24.5. The van der Waals surface area contributed by atoms with Gasteiger partial charge in [0.25, 0.3) is 0 Å². The van der Waals surface area contributed by atoms with Gasteiger partial charge in [0.1, 0.15) is 23.2 Å². The van der Waals surface area contributed by atoms with E-state index in [0.29, 0.717) is 35.5 Å². The molecule has 1 aromatic carbocycles. The number of aromatic amines is 1. The van der Waals surface area contributed by atoms with Crippen LogP contribution in [0.4, 0.5) is 10.5 Å². The zero-order valence-electron chi connectivity index (χ0n) is 24.5. The zero-order chi connectivity index (χ0) is 29.9. The first-order valence-electron chi connectivity index (χ1n) is 14.8. The highest BCUT2D eigenvalue weighted by Gasteiger charge is 2.38. The minimum Gasteiger partial charge on any atom is -0.507 e. The molecule has 2 aliphatic carbocycles. The lowest BCUT2D eigenvalue weighted by Crippen LogP contribution is -2.47. The number of aryl methyl sites for hydroxylation is 1. The maximum Gasteiger partial charge on any atom is 0.408 e. The fraction of sp³-hybridized carbons (Fsp3) is 0.500. The van der Waals surface area contributed by atoms with Crippen LogP contribution in [0.25, 0.3) is 0 Å². The average molecular weight is 577 g/mol. The molecule has 2 aromatic heterocycles. The number of alkyl carbamates (subject to hydrolysis) is 1. The van der Waals surface area contributed by atoms with Crippen LogP contribution in [0.3, 0.4) is 0 Å². The summed E-state index contributed by atoms with van der Waals surface area (Å²) < 4.78 is 11.2. The Labute approximate surface area is 245 Å². The maximum absolute atomic E-state index is 13.4. The molecule has 1 saturated carbocycles. The first kappa shape index (κ1) is 29.4. The summed E-state index contributed by atoms with van der Waals surface area (Å²) in [5.74, 6) is 0.0832. The molecule has 1 fully saturated rings. The maximum atomic E-state index is 13.4. The number of imidazole rings is 1. The van der Waals surface area contributed by atoms with Gasteiger partial charge in [0.15, 0.2) is 0 Å². The molecule has 4 N–H and O–H groups in total. The van der Waals surface area contributed by atoms with E-state index in [1.54, 1.807) is 33.0 Å². The fourth-order valence-electron chi connectivity index (χ4n) is 5.71. The van der Waals surface area contributed by atoms with Crippen molar-refractivity contribution in [2.45, 2.75) is 96.1 Å². The number of benzene rings is 1. The van der Waals surface area contributed by atoms with Gasteiger partial charge in [0, 0.05) is 41.9 Å². The summed E-state index contributed by atoms with van der Waals surface area (Å²) in [6, 6.07) is 6.38. The number of rotatable bonds is 8. The van der Waals surface area contributed by atoms with Crippen LogP contribution in [0.1, 0.15) is 93.4 Å². The van der Waals surface area contributed by atoms with Crippen molar-refractivity contribution in [3.8, 4) is 5.75 Å². The normalized spacial score (nSPS) is 16.8. The first-order valence-corrected chi connectivity index (χ1v) is 14.8. The van der Waals surface area contributed by atoms with Gasteiger partial charge in [0.05, 0.1) is 11.9 Å². The number of fused-ring (bicyclic) bond motifs is 1. The second-order valence-corrected chi connectivity index (χ2v) is 12.4. The number of carbonyl (C=O) groups is 2. The lowest BCUT2D eigenvalue weighted by molar-refractivity contribution is -0.118. The van der Waals surface area contributed by atoms with Gasteiger partial charge in [-0.05, 0) is 76.5 Å². The lowest BCUT2D eigenvalue weighted by atomic mass is 9.85. The van der Waals surface area contributed by atoms with E-state index in [9.17, 15) is 19.5 Å². The Balaban J connectivity index is 1.41. The van der Waals surface area contributed by atoms with Gasteiger partial charge in [-0.15, -0.1) is 0 Å². The summed E-state index contributed by atoms with van der Waals surface area (Å²) in [6.45, 7) is 5.26. The second-order valence-electron chi connectivity index (χ2n) is 12.4. The van der Waals surface area contributed by atoms with Crippen LogP contribution >= 0.6 is 0 Å². The van der Waals surface area contributed by atoms with Crippen LogP contribution in [0, 0.1) is 5.92 Å². The molecule has 2 atom stereocenters. The summed E-state index contributed by atoms with van der Waals surface area (Å²) in [4.78, 5) is 46.3. The molecule has 0 radical (unpaired) electrons. The van der Waals surface area contributed by atoms with Crippen LogP contribution < -0.4 is 16.3 Å². The molecule has 0 aliphatic heterocycles. The third-order valence-electron chi connectivity index (χ3n) is 7.80. The summed E-state index contributed by atoms with van der Waals surface area (Å²) in [6.07, 6.45) is 9.85. The van der Waals surface area contributed by atoms with Crippen molar-refractivity contribution in [2.24, 2.45) is 5.92 Å². The number of carbonyl (C=O) groups excluding carboxylic acids is 2. The second kappa shape index (κ2) is 12.4. The number of nitrogens with zero attached hydrogens (tertiary/aromatic N) is 1. The van der Waals surface area contributed by atoms with Crippen LogP contribution in [-0.4, -0.2) is 38.7 Å². The van der Waals surface area contributed by atoms with E-state index in [0.717, 1.165) is 49.7 Å². The van der Waals surface area contributed by atoms with E-state index in [4.69, 9.17) is 9.15 Å². The van der Waals surface area contributed by atoms with Crippen LogP contribution in [0.15, 0.2) is 46.0 Å². The van der Waals surface area contributed by atoms with Crippen molar-refractivity contribution < 1.29 is 23.8 Å². The molecule has 0 bridgehead atoms. The van der Waals surface area contributed by atoms with E-state index in [1.807, 2.05) is 18.2 Å². The van der Waals surface area contributed by atoms with Crippen LogP contribution in [0.2, 0.25) is 0 Å². The molecule has 10 heteroatoms. The molecule has 0 spiro atoms. The van der Waals surface area contributed by atoms with E-state index >= 15 is 0 Å². The third kappa shape index (κ3) is 7.21. The molecule has 3 aromatic rings. The highest BCUT2D eigenvalue weighted by atomic mass is 16.6. The van der Waals surface area contributed by atoms with E-state index in [2.05, 4.69) is 20.6 Å². The van der Waals surface area contributed by atoms with Crippen LogP contribution in [-0.2, 0) is 28.8 Å². The van der Waals surface area contributed by atoms with Crippen molar-refractivity contribution in [1.82, 2.24) is 15.3 Å². The Morgan fingerprint density at radius 2 is 1.93 bits per heavy atom. The number of aromatic nitrogens is 2. The van der Waals surface area contributed by atoms with Gasteiger partial charge in [-0.2, -0.15) is 0 Å². The summed E-state index contributed by atoms with van der Waals surface area (Å²) in [5, 5.41) is 17.0. The highest BCUT2D eigenvalue weighted by molar-refractivity contribution is 5.96. The summed E-state index contributed by atoms with van der Waals surface area (Å²) >= 11 is 0. The number of hydrogen-bond acceptors (Lipinski definition) is 7. The Morgan fingerprint density at radius 1 is 1.17 bits per heavy atom. The lowest BCUT2D eigenvalue weighted by Gasteiger charge is -2.24. The number of H-pyrrole nitrogens is 1. The molecule has 2 amide bonds. The number of nitrogens with one attached hydrogen (secondary N) is 3. The molecule has 224 valence electrons. The topological polar surface area (TPSA) is 147 Å². The predicted octanol–water partition coefficient (Wildman–Crippen LogP) is 5.34. The molecule has 1 unspecified atom stereocenters. The Morgan fingerprint density at radius 3 is 2.62 bits per heavy atom. The van der Waals surface area contributed by atoms with E-state index in [-0.39, 0.29) is 24.0 Å². The summed E-state index contributed by atoms with van der Waals surface area (Å²) in [5.41, 5.74) is 1.86. The van der Waals surface area contributed by atoms with E-state index in [1.165, 1.54) is 6.33 Å². The van der Waals surface area contributed by atoms with Gasteiger partial charge in [-0.25, -0.2) is 14.6 Å². The highest BCUT2D eigenvalue weighted by Crippen LogP contribution is 2.49. The third-order valence-corrected chi connectivity index (χ3v) is 7.80. The molecule has 0 saturated heterocycles. The first-order chi connectivity index (χ1) is 20.1. The quantitative estimate of drug-likeness (QED) is 0.283. The molecule has 10 nitrogen and oxygen atoms in total. The van der Waals surface area contributed by atoms with Crippen LogP contribution in [0.5, 0.6) is 5.75 Å². The number of amides is 2. The van der Waals surface area contributed by atoms with Gasteiger partial charge in [-0.1, -0.05) is 25.0 Å². The van der Waals surface area contributed by atoms with Crippen molar-refractivity contribution >= 4 is 17.7 Å².